The van der Waals surface area contributed by atoms with Gasteiger partial charge in [0.2, 0.25) is 5.95 Å². The van der Waals surface area contributed by atoms with E-state index in [4.69, 9.17) is 15.0 Å². The Morgan fingerprint density at radius 1 is 0.739 bits per heavy atom. The predicted molar refractivity (Wildman–Crippen MR) is 190 cm³/mol. The lowest BCUT2D eigenvalue weighted by molar-refractivity contribution is 0.131. The summed E-state index contributed by atoms with van der Waals surface area (Å²) in [5.41, 5.74) is 6.34. The summed E-state index contributed by atoms with van der Waals surface area (Å²) >= 11 is 1.68. The lowest BCUT2D eigenvalue weighted by atomic mass is 9.83. The van der Waals surface area contributed by atoms with Gasteiger partial charge < -0.3 is 5.11 Å². The second kappa shape index (κ2) is 12.2. The van der Waals surface area contributed by atoms with Crippen LogP contribution in [-0.4, -0.2) is 26.3 Å². The standard InChI is InChI=1S/C40H32N4OS/c1-4-27(5-2)37-41-38(28-17-8-6-9-18-28)43-39(42-37)44(29-19-10-7-11-20-29)34-25-15-14-23-32(34)40(45)31-22-13-12-21-30(31)36-33(40)24-16-26-35(36)46-3/h4-26,45H,1H2,2-3H3/b27-5+. The first-order valence-corrected chi connectivity index (χ1v) is 16.4. The Balaban J connectivity index is 1.53. The van der Waals surface area contributed by atoms with Gasteiger partial charge in [0, 0.05) is 44.0 Å². The molecule has 0 spiro atoms. The number of allylic oxidation sites excluding steroid dienone is 3. The first-order chi connectivity index (χ1) is 22.6. The average Bonchev–Trinajstić information content (AvgIpc) is 3.39. The Hall–Kier alpha value is -5.30. The number of hydrogen-bond donors (Lipinski definition) is 1. The fourth-order valence-corrected chi connectivity index (χ4v) is 6.93. The summed E-state index contributed by atoms with van der Waals surface area (Å²) in [6.07, 6.45) is 5.78. The molecule has 1 unspecified atom stereocenters. The summed E-state index contributed by atoms with van der Waals surface area (Å²) in [6, 6.07) is 42.2. The van der Waals surface area contributed by atoms with Gasteiger partial charge in [-0.25, -0.2) is 4.98 Å². The number of para-hydroxylation sites is 2. The Morgan fingerprint density at radius 2 is 1.39 bits per heavy atom. The number of fused-ring (bicyclic) bond motifs is 3. The van der Waals surface area contributed by atoms with E-state index in [2.05, 4.69) is 25.0 Å². The van der Waals surface area contributed by atoms with Gasteiger partial charge in [-0.1, -0.05) is 122 Å². The van der Waals surface area contributed by atoms with Crippen LogP contribution in [-0.2, 0) is 5.60 Å². The highest BCUT2D eigenvalue weighted by molar-refractivity contribution is 7.98. The largest absolute Gasteiger partial charge is 0.376 e. The quantitative estimate of drug-likeness (QED) is 0.136. The summed E-state index contributed by atoms with van der Waals surface area (Å²) in [5.74, 6) is 1.48. The molecule has 1 aromatic heterocycles. The van der Waals surface area contributed by atoms with Gasteiger partial charge in [-0.05, 0) is 43.0 Å². The maximum absolute atomic E-state index is 13.2. The number of benzene rings is 5. The Kier molecular flexibility index (Phi) is 7.83. The molecule has 0 fully saturated rings. The molecule has 1 aliphatic carbocycles. The van der Waals surface area contributed by atoms with Gasteiger partial charge >= 0.3 is 0 Å². The normalized spacial score (nSPS) is 15.2. The third-order valence-electron chi connectivity index (χ3n) is 8.42. The van der Waals surface area contributed by atoms with Gasteiger partial charge in [-0.15, -0.1) is 11.8 Å². The van der Waals surface area contributed by atoms with Crippen LogP contribution in [0.3, 0.4) is 0 Å². The van der Waals surface area contributed by atoms with Crippen molar-refractivity contribution in [2.24, 2.45) is 0 Å². The molecular weight excluding hydrogens is 585 g/mol. The van der Waals surface area contributed by atoms with Crippen molar-refractivity contribution in [1.82, 2.24) is 15.0 Å². The molecule has 5 nitrogen and oxygen atoms in total. The van der Waals surface area contributed by atoms with E-state index < -0.39 is 5.60 Å². The molecule has 0 amide bonds. The minimum Gasteiger partial charge on any atom is -0.376 e. The zero-order valence-electron chi connectivity index (χ0n) is 25.6. The highest BCUT2D eigenvalue weighted by Gasteiger charge is 2.46. The van der Waals surface area contributed by atoms with E-state index in [9.17, 15) is 5.11 Å². The highest BCUT2D eigenvalue weighted by Crippen LogP contribution is 2.55. The van der Waals surface area contributed by atoms with Crippen LogP contribution < -0.4 is 4.90 Å². The minimum atomic E-state index is -1.44. The summed E-state index contributed by atoms with van der Waals surface area (Å²) in [4.78, 5) is 18.1. The third kappa shape index (κ3) is 4.83. The molecule has 6 heteroatoms. The van der Waals surface area contributed by atoms with E-state index >= 15 is 0 Å². The average molecular weight is 617 g/mol. The van der Waals surface area contributed by atoms with Crippen LogP contribution >= 0.6 is 11.8 Å². The van der Waals surface area contributed by atoms with Crippen molar-refractivity contribution in [1.29, 1.82) is 0 Å². The number of aromatic nitrogens is 3. The number of rotatable bonds is 8. The second-order valence-electron chi connectivity index (χ2n) is 10.9. The van der Waals surface area contributed by atoms with Crippen molar-refractivity contribution < 1.29 is 5.11 Å². The van der Waals surface area contributed by atoms with Gasteiger partial charge in [0.15, 0.2) is 11.6 Å². The molecule has 1 atom stereocenters. The Bertz CT molecular complexity index is 2090. The van der Waals surface area contributed by atoms with Gasteiger partial charge in [-0.2, -0.15) is 9.97 Å². The van der Waals surface area contributed by atoms with Crippen LogP contribution in [0, 0.1) is 0 Å². The van der Waals surface area contributed by atoms with Crippen molar-refractivity contribution in [3.63, 3.8) is 0 Å². The topological polar surface area (TPSA) is 62.1 Å². The number of thioether (sulfide) groups is 1. The van der Waals surface area contributed by atoms with E-state index in [0.29, 0.717) is 17.6 Å². The van der Waals surface area contributed by atoms with Crippen molar-refractivity contribution in [2.75, 3.05) is 11.2 Å². The molecule has 1 aliphatic rings. The Labute approximate surface area is 273 Å². The highest BCUT2D eigenvalue weighted by atomic mass is 32.2. The van der Waals surface area contributed by atoms with E-state index in [1.54, 1.807) is 17.8 Å². The molecule has 0 aliphatic heterocycles. The molecule has 0 radical (unpaired) electrons. The van der Waals surface area contributed by atoms with Gasteiger partial charge in [0.25, 0.3) is 0 Å². The lowest BCUT2D eigenvalue weighted by Gasteiger charge is -2.33. The molecule has 0 saturated carbocycles. The summed E-state index contributed by atoms with van der Waals surface area (Å²) in [6.45, 7) is 5.96. The van der Waals surface area contributed by atoms with Gasteiger partial charge in [0.05, 0.1) is 5.69 Å². The summed E-state index contributed by atoms with van der Waals surface area (Å²) < 4.78 is 0. The summed E-state index contributed by atoms with van der Waals surface area (Å²) in [5, 5.41) is 13.2. The Morgan fingerprint density at radius 3 is 2.11 bits per heavy atom. The molecule has 5 aromatic carbocycles. The van der Waals surface area contributed by atoms with Crippen LogP contribution in [0.5, 0.6) is 0 Å². The molecule has 0 saturated heterocycles. The zero-order valence-corrected chi connectivity index (χ0v) is 26.4. The third-order valence-corrected chi connectivity index (χ3v) is 9.20. The van der Waals surface area contributed by atoms with Crippen molar-refractivity contribution in [2.45, 2.75) is 17.4 Å². The van der Waals surface area contributed by atoms with E-state index in [1.807, 2.05) is 133 Å². The van der Waals surface area contributed by atoms with Crippen molar-refractivity contribution in [3.8, 4) is 22.5 Å². The number of anilines is 3. The zero-order chi connectivity index (χ0) is 31.7. The van der Waals surface area contributed by atoms with Crippen LogP contribution in [0.2, 0.25) is 0 Å². The van der Waals surface area contributed by atoms with Gasteiger partial charge in [0.1, 0.15) is 5.60 Å². The molecule has 1 N–H and O–H groups in total. The van der Waals surface area contributed by atoms with E-state index in [-0.39, 0.29) is 0 Å². The fraction of sp³-hybridized carbons (Fsp3) is 0.0750. The van der Waals surface area contributed by atoms with Crippen molar-refractivity contribution in [3.05, 3.63) is 169 Å². The predicted octanol–water partition coefficient (Wildman–Crippen LogP) is 9.58. The first-order valence-electron chi connectivity index (χ1n) is 15.1. The number of aliphatic hydroxyl groups is 1. The molecular formula is C40H32N4OS. The maximum atomic E-state index is 13.2. The van der Waals surface area contributed by atoms with Crippen molar-refractivity contribution >= 4 is 34.7 Å². The molecule has 6 aromatic rings. The van der Waals surface area contributed by atoms with Gasteiger partial charge in [-0.3, -0.25) is 4.90 Å². The van der Waals surface area contributed by atoms with Crippen LogP contribution in [0.25, 0.3) is 28.1 Å². The summed E-state index contributed by atoms with van der Waals surface area (Å²) in [7, 11) is 0. The lowest BCUT2D eigenvalue weighted by Crippen LogP contribution is -2.29. The molecule has 7 rings (SSSR count). The van der Waals surface area contributed by atoms with E-state index in [1.165, 1.54) is 0 Å². The second-order valence-corrected chi connectivity index (χ2v) is 11.8. The molecule has 224 valence electrons. The smallest absolute Gasteiger partial charge is 0.238 e. The fourth-order valence-electron chi connectivity index (χ4n) is 6.29. The number of hydrogen-bond acceptors (Lipinski definition) is 6. The monoisotopic (exact) mass is 616 g/mol. The number of nitrogens with zero attached hydrogens (tertiary/aromatic N) is 4. The molecule has 0 bridgehead atoms. The first kappa shape index (κ1) is 29.4. The van der Waals surface area contributed by atoms with Crippen LogP contribution in [0.4, 0.5) is 17.3 Å². The maximum Gasteiger partial charge on any atom is 0.238 e. The van der Waals surface area contributed by atoms with Crippen LogP contribution in [0.15, 0.2) is 151 Å². The minimum absolute atomic E-state index is 0.427. The molecule has 1 heterocycles. The van der Waals surface area contributed by atoms with Crippen LogP contribution in [0.1, 0.15) is 29.4 Å². The SMILES string of the molecule is C=C/C(=C\C)c1nc(-c2ccccc2)nc(N(c2ccccc2)c2ccccc2C2(O)c3ccccc3-c3c(SC)cccc32)n1. The van der Waals surface area contributed by atoms with E-state index in [0.717, 1.165) is 55.2 Å². The molecule has 46 heavy (non-hydrogen) atoms.